The lowest BCUT2D eigenvalue weighted by atomic mass is 9.78. The van der Waals surface area contributed by atoms with E-state index in [4.69, 9.17) is 0 Å². The predicted octanol–water partition coefficient (Wildman–Crippen LogP) is 0.934. The number of hydrogen-bond acceptors (Lipinski definition) is 2. The lowest BCUT2D eigenvalue weighted by Crippen LogP contribution is -2.36. The molecule has 3 fully saturated rings. The van der Waals surface area contributed by atoms with Gasteiger partial charge in [0.25, 0.3) is 0 Å². The van der Waals surface area contributed by atoms with Gasteiger partial charge in [0.1, 0.15) is 0 Å². The molecule has 2 heterocycles. The number of rotatable bonds is 0. The van der Waals surface area contributed by atoms with Crippen LogP contribution in [0, 0.1) is 11.8 Å². The highest BCUT2D eigenvalue weighted by atomic mass is 16.2. The van der Waals surface area contributed by atoms with E-state index in [1.807, 2.05) is 0 Å². The molecule has 3 nitrogen and oxygen atoms in total. The minimum absolute atomic E-state index is 0.0874. The predicted molar refractivity (Wildman–Crippen MR) is 45.7 cm³/mol. The molecule has 0 bridgehead atoms. The molecule has 13 heavy (non-hydrogen) atoms. The van der Waals surface area contributed by atoms with E-state index in [9.17, 15) is 9.59 Å². The number of imide groups is 1. The highest BCUT2D eigenvalue weighted by Crippen LogP contribution is 2.46. The Balaban J connectivity index is 2.00. The summed E-state index contributed by atoms with van der Waals surface area (Å²) in [6.45, 7) is 0. The van der Waals surface area contributed by atoms with E-state index in [0.717, 1.165) is 12.8 Å². The molecular weight excluding hydrogens is 166 g/mol. The fourth-order valence-corrected chi connectivity index (χ4v) is 3.35. The number of carbonyl (C=O) groups is 2. The normalized spacial score (nSPS) is 42.8. The van der Waals surface area contributed by atoms with Gasteiger partial charge in [0.2, 0.25) is 11.8 Å². The summed E-state index contributed by atoms with van der Waals surface area (Å²) in [7, 11) is 0. The SMILES string of the molecule is O=C1CC2CCCC3CC(=O)N1C23. The van der Waals surface area contributed by atoms with Gasteiger partial charge in [0, 0.05) is 18.9 Å². The Kier molecular flexibility index (Phi) is 1.35. The van der Waals surface area contributed by atoms with E-state index in [0.29, 0.717) is 30.7 Å². The molecule has 0 N–H and O–H groups in total. The van der Waals surface area contributed by atoms with Crippen LogP contribution >= 0.6 is 0 Å². The van der Waals surface area contributed by atoms with Crippen LogP contribution < -0.4 is 0 Å². The van der Waals surface area contributed by atoms with Crippen LogP contribution in [-0.4, -0.2) is 22.8 Å². The molecule has 0 spiro atoms. The van der Waals surface area contributed by atoms with Crippen LogP contribution in [-0.2, 0) is 9.59 Å². The minimum atomic E-state index is 0.0874. The zero-order valence-electron chi connectivity index (χ0n) is 7.53. The second-order valence-corrected chi connectivity index (χ2v) is 4.51. The van der Waals surface area contributed by atoms with Crippen molar-refractivity contribution >= 4 is 11.8 Å². The van der Waals surface area contributed by atoms with Crippen LogP contribution in [0.1, 0.15) is 32.1 Å². The molecule has 0 aromatic carbocycles. The molecule has 0 radical (unpaired) electrons. The van der Waals surface area contributed by atoms with Gasteiger partial charge < -0.3 is 0 Å². The summed E-state index contributed by atoms with van der Waals surface area (Å²) in [4.78, 5) is 24.6. The molecule has 2 aliphatic heterocycles. The maximum Gasteiger partial charge on any atom is 0.229 e. The van der Waals surface area contributed by atoms with E-state index in [1.165, 1.54) is 6.42 Å². The first-order valence-corrected chi connectivity index (χ1v) is 5.12. The Bertz CT molecular complexity index is 261. The summed E-state index contributed by atoms with van der Waals surface area (Å²) in [5.74, 6) is 1.17. The van der Waals surface area contributed by atoms with Gasteiger partial charge in [-0.15, -0.1) is 0 Å². The number of amides is 2. The molecule has 0 aromatic rings. The van der Waals surface area contributed by atoms with Crippen molar-refractivity contribution in [3.63, 3.8) is 0 Å². The van der Waals surface area contributed by atoms with Crippen LogP contribution in [0.5, 0.6) is 0 Å². The van der Waals surface area contributed by atoms with E-state index < -0.39 is 0 Å². The summed E-state index contributed by atoms with van der Waals surface area (Å²) in [5, 5.41) is 0. The Hall–Kier alpha value is -0.860. The average Bonchev–Trinajstić information content (AvgIpc) is 2.57. The number of carbonyl (C=O) groups excluding carboxylic acids is 2. The van der Waals surface area contributed by atoms with Crippen molar-refractivity contribution in [3.8, 4) is 0 Å². The fourth-order valence-electron chi connectivity index (χ4n) is 3.35. The largest absolute Gasteiger partial charge is 0.279 e. The van der Waals surface area contributed by atoms with Crippen LogP contribution in [0.25, 0.3) is 0 Å². The Morgan fingerprint density at radius 1 is 1.00 bits per heavy atom. The highest BCUT2D eigenvalue weighted by molar-refractivity contribution is 5.99. The second kappa shape index (κ2) is 2.34. The van der Waals surface area contributed by atoms with E-state index >= 15 is 0 Å². The summed E-state index contributed by atoms with van der Waals surface area (Å²) >= 11 is 0. The second-order valence-electron chi connectivity index (χ2n) is 4.51. The van der Waals surface area contributed by atoms with Crippen LogP contribution in [0.15, 0.2) is 0 Å². The lowest BCUT2D eigenvalue weighted by molar-refractivity contribution is -0.140. The number of nitrogens with zero attached hydrogens (tertiary/aromatic N) is 1. The van der Waals surface area contributed by atoms with Crippen LogP contribution in [0.2, 0.25) is 0 Å². The topological polar surface area (TPSA) is 37.4 Å². The van der Waals surface area contributed by atoms with Gasteiger partial charge in [0.05, 0.1) is 0 Å². The van der Waals surface area contributed by atoms with E-state index in [2.05, 4.69) is 0 Å². The van der Waals surface area contributed by atoms with Crippen molar-refractivity contribution in [1.82, 2.24) is 4.90 Å². The molecule has 0 aromatic heterocycles. The third-order valence-electron chi connectivity index (χ3n) is 3.82. The van der Waals surface area contributed by atoms with Gasteiger partial charge in [-0.2, -0.15) is 0 Å². The van der Waals surface area contributed by atoms with Gasteiger partial charge in [-0.1, -0.05) is 6.42 Å². The molecule has 3 heteroatoms. The summed E-state index contributed by atoms with van der Waals surface area (Å²) in [6, 6.07) is 0.300. The zero-order valence-corrected chi connectivity index (χ0v) is 7.53. The highest BCUT2D eigenvalue weighted by Gasteiger charge is 2.53. The average molecular weight is 179 g/mol. The van der Waals surface area contributed by atoms with Gasteiger partial charge >= 0.3 is 0 Å². The molecule has 2 amide bonds. The Labute approximate surface area is 77.1 Å². The van der Waals surface area contributed by atoms with Gasteiger partial charge in [-0.05, 0) is 24.7 Å². The van der Waals surface area contributed by atoms with Crippen LogP contribution in [0.3, 0.4) is 0 Å². The smallest absolute Gasteiger partial charge is 0.229 e. The number of hydrogen-bond donors (Lipinski definition) is 0. The summed E-state index contributed by atoms with van der Waals surface area (Å²) in [6.07, 6.45) is 4.77. The first-order chi connectivity index (χ1) is 6.27. The molecule has 3 rings (SSSR count). The minimum Gasteiger partial charge on any atom is -0.279 e. The molecule has 70 valence electrons. The molecule has 1 aliphatic carbocycles. The molecular formula is C10H13NO2. The molecule has 3 aliphatic rings. The van der Waals surface area contributed by atoms with E-state index in [-0.39, 0.29) is 11.8 Å². The first kappa shape index (κ1) is 7.54. The Morgan fingerprint density at radius 2 is 1.54 bits per heavy atom. The summed E-state index contributed by atoms with van der Waals surface area (Å²) in [5.41, 5.74) is 0. The maximum absolute atomic E-state index is 11.5. The van der Waals surface area contributed by atoms with Crippen molar-refractivity contribution in [2.75, 3.05) is 0 Å². The van der Waals surface area contributed by atoms with Crippen molar-refractivity contribution in [1.29, 1.82) is 0 Å². The standard InChI is InChI=1S/C10H13NO2/c12-8-4-6-2-1-3-7-5-9(13)11(8)10(6)7/h6-7,10H,1-5H2. The van der Waals surface area contributed by atoms with Crippen LogP contribution in [0.4, 0.5) is 0 Å². The molecule has 2 atom stereocenters. The first-order valence-electron chi connectivity index (χ1n) is 5.12. The molecule has 1 saturated carbocycles. The van der Waals surface area contributed by atoms with Crippen molar-refractivity contribution in [3.05, 3.63) is 0 Å². The van der Waals surface area contributed by atoms with Crippen molar-refractivity contribution in [2.24, 2.45) is 11.8 Å². The quantitative estimate of drug-likeness (QED) is 0.519. The van der Waals surface area contributed by atoms with Gasteiger partial charge in [-0.25, -0.2) is 0 Å². The summed E-state index contributed by atoms with van der Waals surface area (Å²) < 4.78 is 0. The lowest BCUT2D eigenvalue weighted by Gasteiger charge is -2.29. The molecule has 2 unspecified atom stereocenters. The van der Waals surface area contributed by atoms with E-state index in [1.54, 1.807) is 4.90 Å². The fraction of sp³-hybridized carbons (Fsp3) is 0.800. The van der Waals surface area contributed by atoms with Gasteiger partial charge in [-0.3, -0.25) is 14.5 Å². The van der Waals surface area contributed by atoms with Crippen molar-refractivity contribution < 1.29 is 9.59 Å². The third kappa shape index (κ3) is 0.847. The Morgan fingerprint density at radius 3 is 2.08 bits per heavy atom. The molecule has 2 saturated heterocycles. The zero-order chi connectivity index (χ0) is 9.00. The maximum atomic E-state index is 11.5. The monoisotopic (exact) mass is 179 g/mol. The van der Waals surface area contributed by atoms with Crippen molar-refractivity contribution in [2.45, 2.75) is 38.1 Å². The third-order valence-corrected chi connectivity index (χ3v) is 3.82. The van der Waals surface area contributed by atoms with Gasteiger partial charge in [0.15, 0.2) is 0 Å².